The van der Waals surface area contributed by atoms with E-state index in [9.17, 15) is 4.79 Å². The summed E-state index contributed by atoms with van der Waals surface area (Å²) in [5, 5.41) is 0. The van der Waals surface area contributed by atoms with Gasteiger partial charge in [0.05, 0.1) is 99.1 Å². The summed E-state index contributed by atoms with van der Waals surface area (Å²) in [6.07, 6.45) is 7.03. The van der Waals surface area contributed by atoms with Crippen LogP contribution in [0.2, 0.25) is 0 Å². The first-order valence-corrected chi connectivity index (χ1v) is 14.1. The van der Waals surface area contributed by atoms with Gasteiger partial charge >= 0.3 is 5.97 Å². The van der Waals surface area contributed by atoms with Crippen LogP contribution in [0, 0.1) is 0 Å². The lowest BCUT2D eigenvalue weighted by Gasteiger charge is -2.09. The van der Waals surface area contributed by atoms with Crippen molar-refractivity contribution in [2.75, 3.05) is 112 Å². The Hall–Kier alpha value is -0.850. The van der Waals surface area contributed by atoms with Crippen molar-refractivity contribution in [3.05, 3.63) is 0 Å². The first-order chi connectivity index (χ1) is 18.3. The molecule has 0 aromatic carbocycles. The van der Waals surface area contributed by atoms with Crippen LogP contribution in [0.15, 0.2) is 0 Å². The van der Waals surface area contributed by atoms with Crippen LogP contribution in [-0.4, -0.2) is 118 Å². The molecule has 0 saturated heterocycles. The van der Waals surface area contributed by atoms with Crippen molar-refractivity contribution in [3.63, 3.8) is 0 Å². The van der Waals surface area contributed by atoms with Crippen molar-refractivity contribution in [2.45, 2.75) is 58.8 Å². The molecular formula is C27H54O10. The second kappa shape index (κ2) is 33.2. The Kier molecular flexibility index (Phi) is 32.4. The fourth-order valence-corrected chi connectivity index (χ4v) is 2.87. The van der Waals surface area contributed by atoms with E-state index in [1.165, 1.54) is 0 Å². The number of ether oxygens (including phenoxy) is 9. The molecule has 0 radical (unpaired) electrons. The smallest absolute Gasteiger partial charge is 0.305 e. The van der Waals surface area contributed by atoms with Crippen molar-refractivity contribution >= 4 is 5.97 Å². The molecular weight excluding hydrogens is 484 g/mol. The maximum atomic E-state index is 11.5. The molecule has 0 N–H and O–H groups in total. The molecule has 0 bridgehead atoms. The van der Waals surface area contributed by atoms with Gasteiger partial charge in [0.15, 0.2) is 0 Å². The lowest BCUT2D eigenvalue weighted by molar-refractivity contribution is -0.145. The van der Waals surface area contributed by atoms with Crippen molar-refractivity contribution in [1.29, 1.82) is 0 Å². The third kappa shape index (κ3) is 33.1. The molecule has 0 rings (SSSR count). The van der Waals surface area contributed by atoms with Crippen molar-refractivity contribution in [1.82, 2.24) is 0 Å². The van der Waals surface area contributed by atoms with E-state index in [0.29, 0.717) is 112 Å². The van der Waals surface area contributed by atoms with E-state index in [4.69, 9.17) is 42.6 Å². The van der Waals surface area contributed by atoms with Crippen LogP contribution in [0.4, 0.5) is 0 Å². The topological polar surface area (TPSA) is 100 Å². The summed E-state index contributed by atoms with van der Waals surface area (Å²) in [5.74, 6) is -0.147. The Morgan fingerprint density at radius 3 is 1.05 bits per heavy atom. The summed E-state index contributed by atoms with van der Waals surface area (Å²) < 4.78 is 48.6. The van der Waals surface area contributed by atoms with Gasteiger partial charge < -0.3 is 42.6 Å². The van der Waals surface area contributed by atoms with E-state index < -0.39 is 0 Å². The summed E-state index contributed by atoms with van der Waals surface area (Å²) >= 11 is 0. The molecule has 0 aliphatic carbocycles. The number of rotatable bonds is 32. The first kappa shape index (κ1) is 36.1. The zero-order chi connectivity index (χ0) is 26.9. The molecule has 0 saturated carbocycles. The van der Waals surface area contributed by atoms with Crippen LogP contribution in [0.25, 0.3) is 0 Å². The monoisotopic (exact) mass is 538 g/mol. The fraction of sp³-hybridized carbons (Fsp3) is 0.963. The van der Waals surface area contributed by atoms with Gasteiger partial charge in [0.1, 0.15) is 6.61 Å². The highest BCUT2D eigenvalue weighted by Crippen LogP contribution is 2.03. The largest absolute Gasteiger partial charge is 0.463 e. The second-order valence-electron chi connectivity index (χ2n) is 8.28. The SMILES string of the molecule is CCCCCCC(=O)OCCOCCOCCOCCOCCOCCOCCOCCOCCCC. The lowest BCUT2D eigenvalue weighted by Crippen LogP contribution is -2.15. The molecule has 222 valence electrons. The van der Waals surface area contributed by atoms with E-state index in [2.05, 4.69) is 13.8 Å². The molecule has 37 heavy (non-hydrogen) atoms. The Morgan fingerprint density at radius 2 is 0.703 bits per heavy atom. The number of esters is 1. The summed E-state index contributed by atoms with van der Waals surface area (Å²) in [6, 6.07) is 0. The molecule has 10 heteroatoms. The predicted molar refractivity (Wildman–Crippen MR) is 141 cm³/mol. The molecule has 0 amide bonds. The Balaban J connectivity index is 3.07. The minimum Gasteiger partial charge on any atom is -0.463 e. The third-order valence-corrected chi connectivity index (χ3v) is 4.97. The van der Waals surface area contributed by atoms with Crippen LogP contribution in [0.3, 0.4) is 0 Å². The molecule has 0 aliphatic rings. The van der Waals surface area contributed by atoms with E-state index in [-0.39, 0.29) is 5.97 Å². The average molecular weight is 539 g/mol. The van der Waals surface area contributed by atoms with Gasteiger partial charge in [0.2, 0.25) is 0 Å². The van der Waals surface area contributed by atoms with E-state index in [1.54, 1.807) is 0 Å². The number of hydrogen-bond donors (Lipinski definition) is 0. The van der Waals surface area contributed by atoms with Gasteiger partial charge in [-0.25, -0.2) is 0 Å². The second-order valence-corrected chi connectivity index (χ2v) is 8.28. The average Bonchev–Trinajstić information content (AvgIpc) is 2.90. The van der Waals surface area contributed by atoms with Gasteiger partial charge in [-0.2, -0.15) is 0 Å². The molecule has 10 nitrogen and oxygen atoms in total. The summed E-state index contributed by atoms with van der Waals surface area (Å²) in [6.45, 7) is 13.2. The standard InChI is InChI=1S/C27H54O10/c1-3-5-7-8-9-27(28)37-26-25-36-24-23-35-22-21-34-20-19-33-18-17-32-16-15-31-14-13-30-12-11-29-10-6-4-2/h3-26H2,1-2H3. The molecule has 0 atom stereocenters. The number of carbonyl (C=O) groups excluding carboxylic acids is 1. The van der Waals surface area contributed by atoms with Crippen LogP contribution < -0.4 is 0 Å². The Morgan fingerprint density at radius 1 is 0.378 bits per heavy atom. The lowest BCUT2D eigenvalue weighted by atomic mass is 10.2. The molecule has 0 heterocycles. The quantitative estimate of drug-likeness (QED) is 0.0935. The number of unbranched alkanes of at least 4 members (excludes halogenated alkanes) is 4. The van der Waals surface area contributed by atoms with Gasteiger partial charge in [-0.15, -0.1) is 0 Å². The van der Waals surface area contributed by atoms with E-state index in [1.807, 2.05) is 0 Å². The van der Waals surface area contributed by atoms with Gasteiger partial charge in [-0.1, -0.05) is 39.5 Å². The van der Waals surface area contributed by atoms with Gasteiger partial charge in [-0.05, 0) is 12.8 Å². The molecule has 0 spiro atoms. The number of carbonyl (C=O) groups is 1. The van der Waals surface area contributed by atoms with E-state index in [0.717, 1.165) is 45.1 Å². The fourth-order valence-electron chi connectivity index (χ4n) is 2.87. The Labute approximate surface area is 224 Å². The van der Waals surface area contributed by atoms with Crippen LogP contribution in [-0.2, 0) is 47.4 Å². The van der Waals surface area contributed by atoms with Crippen LogP contribution in [0.1, 0.15) is 58.8 Å². The summed E-state index contributed by atoms with van der Waals surface area (Å²) in [7, 11) is 0. The van der Waals surface area contributed by atoms with E-state index >= 15 is 0 Å². The minimum absolute atomic E-state index is 0.147. The highest BCUT2D eigenvalue weighted by atomic mass is 16.6. The highest BCUT2D eigenvalue weighted by molar-refractivity contribution is 5.69. The highest BCUT2D eigenvalue weighted by Gasteiger charge is 2.02. The van der Waals surface area contributed by atoms with Gasteiger partial charge in [-0.3, -0.25) is 4.79 Å². The zero-order valence-corrected chi connectivity index (χ0v) is 23.6. The maximum absolute atomic E-state index is 11.5. The predicted octanol–water partition coefficient (Wildman–Crippen LogP) is 3.43. The van der Waals surface area contributed by atoms with Gasteiger partial charge in [0, 0.05) is 13.0 Å². The Bertz CT molecular complexity index is 439. The molecule has 0 unspecified atom stereocenters. The minimum atomic E-state index is -0.147. The summed E-state index contributed by atoms with van der Waals surface area (Å²) in [5.41, 5.74) is 0. The van der Waals surface area contributed by atoms with Crippen molar-refractivity contribution in [2.24, 2.45) is 0 Å². The molecule has 0 aromatic heterocycles. The van der Waals surface area contributed by atoms with Crippen molar-refractivity contribution in [3.8, 4) is 0 Å². The molecule has 0 fully saturated rings. The van der Waals surface area contributed by atoms with Gasteiger partial charge in [0.25, 0.3) is 0 Å². The summed E-state index contributed by atoms with van der Waals surface area (Å²) in [4.78, 5) is 11.5. The zero-order valence-electron chi connectivity index (χ0n) is 23.6. The van der Waals surface area contributed by atoms with Crippen LogP contribution in [0.5, 0.6) is 0 Å². The van der Waals surface area contributed by atoms with Crippen LogP contribution >= 0.6 is 0 Å². The number of hydrogen-bond acceptors (Lipinski definition) is 10. The first-order valence-electron chi connectivity index (χ1n) is 14.1. The normalized spacial score (nSPS) is 11.3. The third-order valence-electron chi connectivity index (χ3n) is 4.97. The van der Waals surface area contributed by atoms with Crippen molar-refractivity contribution < 1.29 is 47.4 Å². The molecule has 0 aliphatic heterocycles. The molecule has 0 aromatic rings. The maximum Gasteiger partial charge on any atom is 0.305 e.